The van der Waals surface area contributed by atoms with E-state index in [0.717, 1.165) is 23.7 Å². The van der Waals surface area contributed by atoms with Crippen molar-refractivity contribution in [2.24, 2.45) is 11.3 Å². The lowest BCUT2D eigenvalue weighted by molar-refractivity contribution is -0.126. The highest BCUT2D eigenvalue weighted by atomic mass is 16.6. The number of rotatable bonds is 6. The molecule has 1 unspecified atom stereocenters. The van der Waals surface area contributed by atoms with Crippen molar-refractivity contribution in [2.75, 3.05) is 26.7 Å². The number of carbonyl (C=O) groups excluding carboxylic acids is 4. The van der Waals surface area contributed by atoms with Gasteiger partial charge >= 0.3 is 6.09 Å². The molecular formula is C32H41N5O6. The molecule has 11 nitrogen and oxygen atoms in total. The Labute approximate surface area is 251 Å². The number of hydrogen-bond donors (Lipinski definition) is 2. The molecule has 43 heavy (non-hydrogen) atoms. The Morgan fingerprint density at radius 1 is 1.23 bits per heavy atom. The first-order valence-electron chi connectivity index (χ1n) is 15.1. The van der Waals surface area contributed by atoms with Gasteiger partial charge in [-0.2, -0.15) is 5.26 Å². The molecule has 3 heterocycles. The second-order valence-corrected chi connectivity index (χ2v) is 13.2. The molecule has 1 aromatic heterocycles. The van der Waals surface area contributed by atoms with Crippen LogP contribution in [0, 0.1) is 22.7 Å². The molecule has 1 aliphatic carbocycles. The van der Waals surface area contributed by atoms with Crippen molar-refractivity contribution in [1.29, 1.82) is 5.26 Å². The quantitative estimate of drug-likeness (QED) is 0.513. The number of hydrogen-bond acceptors (Lipinski definition) is 7. The smallest absolute Gasteiger partial charge is 0.410 e. The lowest BCUT2D eigenvalue weighted by atomic mass is 9.76. The standard InChI is InChI=1S/C32H41N5O6/c1-31(2,3)43-30(41)36-13-11-32(12-14-36)17-25(28(39)34-21(18-33)15-20-7-5-9-26(20)38)37(19-32)29(40)24-16-22-23(35-24)8-6-10-27(22)42-4/h6,8,10,16,20-21,25,35H,5,7,9,11-15,17,19H2,1-4H3,(H,34,39)/t20-,21-,25?/m0/s1. The van der Waals surface area contributed by atoms with Crippen LogP contribution < -0.4 is 10.1 Å². The minimum atomic E-state index is -0.820. The van der Waals surface area contributed by atoms with Crippen molar-refractivity contribution in [3.63, 3.8) is 0 Å². The van der Waals surface area contributed by atoms with Gasteiger partial charge in [-0.3, -0.25) is 14.4 Å². The van der Waals surface area contributed by atoms with Crippen molar-refractivity contribution < 1.29 is 28.7 Å². The van der Waals surface area contributed by atoms with Crippen LogP contribution in [-0.4, -0.2) is 82.9 Å². The third-order valence-corrected chi connectivity index (χ3v) is 9.05. The van der Waals surface area contributed by atoms with E-state index in [1.165, 1.54) is 0 Å². The predicted molar refractivity (Wildman–Crippen MR) is 158 cm³/mol. The van der Waals surface area contributed by atoms with Gasteiger partial charge in [0.05, 0.1) is 13.2 Å². The number of piperidine rings is 1. The summed E-state index contributed by atoms with van der Waals surface area (Å²) in [6.07, 6.45) is 3.58. The van der Waals surface area contributed by atoms with Gasteiger partial charge in [0.25, 0.3) is 5.91 Å². The van der Waals surface area contributed by atoms with E-state index in [-0.39, 0.29) is 35.5 Å². The van der Waals surface area contributed by atoms with Crippen LogP contribution in [0.2, 0.25) is 0 Å². The van der Waals surface area contributed by atoms with Gasteiger partial charge in [-0.05, 0) is 82.9 Å². The van der Waals surface area contributed by atoms with E-state index in [2.05, 4.69) is 16.4 Å². The molecule has 3 aliphatic rings. The van der Waals surface area contributed by atoms with Gasteiger partial charge < -0.3 is 29.6 Å². The molecule has 230 valence electrons. The Morgan fingerprint density at radius 3 is 2.60 bits per heavy atom. The predicted octanol–water partition coefficient (Wildman–Crippen LogP) is 4.18. The van der Waals surface area contributed by atoms with E-state index >= 15 is 0 Å². The molecule has 1 aromatic carbocycles. The SMILES string of the molecule is COc1cccc2[nH]c(C(=O)N3CC4(CCN(C(=O)OC(C)(C)C)CC4)CC3C(=O)N[C@H](C#N)C[C@@H]3CCCC3=O)cc12. The fraction of sp³-hybridized carbons (Fsp3) is 0.594. The molecular weight excluding hydrogens is 550 g/mol. The fourth-order valence-electron chi connectivity index (χ4n) is 6.77. The number of methoxy groups -OCH3 is 1. The van der Waals surface area contributed by atoms with Crippen molar-refractivity contribution in [3.05, 3.63) is 30.0 Å². The Hall–Kier alpha value is -4.07. The second kappa shape index (κ2) is 11.9. The highest BCUT2D eigenvalue weighted by molar-refractivity contribution is 6.02. The van der Waals surface area contributed by atoms with Crippen LogP contribution in [0.1, 0.15) is 76.2 Å². The molecule has 2 aliphatic heterocycles. The van der Waals surface area contributed by atoms with E-state index in [1.807, 2.05) is 39.0 Å². The number of amides is 3. The summed E-state index contributed by atoms with van der Waals surface area (Å²) in [5.74, 6) is -0.171. The van der Waals surface area contributed by atoms with Crippen LogP contribution in [0.25, 0.3) is 10.9 Å². The zero-order chi connectivity index (χ0) is 30.9. The number of nitriles is 1. The maximum absolute atomic E-state index is 14.0. The number of aromatic nitrogens is 1. The van der Waals surface area contributed by atoms with Crippen LogP contribution in [-0.2, 0) is 14.3 Å². The fourth-order valence-corrected chi connectivity index (χ4v) is 6.77. The number of nitrogens with one attached hydrogen (secondary N) is 2. The van der Waals surface area contributed by atoms with E-state index < -0.39 is 23.6 Å². The van der Waals surface area contributed by atoms with Gasteiger partial charge in [0, 0.05) is 42.9 Å². The number of H-pyrrole nitrogens is 1. The second-order valence-electron chi connectivity index (χ2n) is 13.2. The normalized spacial score (nSPS) is 22.4. The lowest BCUT2D eigenvalue weighted by Crippen LogP contribution is -2.49. The Morgan fingerprint density at radius 2 is 1.98 bits per heavy atom. The molecule has 2 saturated heterocycles. The van der Waals surface area contributed by atoms with Crippen LogP contribution in [0.5, 0.6) is 5.75 Å². The molecule has 0 bridgehead atoms. The van der Waals surface area contributed by atoms with E-state index in [0.29, 0.717) is 56.8 Å². The first-order chi connectivity index (χ1) is 20.4. The number of likely N-dealkylation sites (tertiary alicyclic amines) is 2. The topological polar surface area (TPSA) is 145 Å². The van der Waals surface area contributed by atoms with Gasteiger partial charge in [-0.1, -0.05) is 6.07 Å². The first kappa shape index (κ1) is 30.4. The average Bonchev–Trinajstić information content (AvgIpc) is 3.68. The number of nitrogens with zero attached hydrogens (tertiary/aromatic N) is 3. The van der Waals surface area contributed by atoms with E-state index in [1.54, 1.807) is 23.0 Å². The van der Waals surface area contributed by atoms with Crippen LogP contribution in [0.15, 0.2) is 24.3 Å². The minimum absolute atomic E-state index is 0.136. The number of aromatic amines is 1. The third-order valence-electron chi connectivity index (χ3n) is 9.05. The van der Waals surface area contributed by atoms with Crippen LogP contribution >= 0.6 is 0 Å². The Bertz CT molecular complexity index is 1440. The summed E-state index contributed by atoms with van der Waals surface area (Å²) in [5.41, 5.74) is 0.112. The highest BCUT2D eigenvalue weighted by Crippen LogP contribution is 2.44. The van der Waals surface area contributed by atoms with Gasteiger partial charge in [0.15, 0.2) is 0 Å². The van der Waals surface area contributed by atoms with Crippen molar-refractivity contribution in [1.82, 2.24) is 20.1 Å². The zero-order valence-corrected chi connectivity index (χ0v) is 25.4. The molecule has 3 amide bonds. The molecule has 3 atom stereocenters. The van der Waals surface area contributed by atoms with Crippen molar-refractivity contribution in [2.45, 2.75) is 83.4 Å². The number of Topliss-reactive ketones (excluding diaryl/α,β-unsaturated/α-hetero) is 1. The number of benzene rings is 1. The first-order valence-corrected chi connectivity index (χ1v) is 15.1. The maximum atomic E-state index is 14.0. The molecule has 1 spiro atoms. The number of ketones is 1. The Balaban J connectivity index is 1.37. The average molecular weight is 592 g/mol. The summed E-state index contributed by atoms with van der Waals surface area (Å²) in [5, 5.41) is 13.4. The molecule has 3 fully saturated rings. The molecule has 0 radical (unpaired) electrons. The summed E-state index contributed by atoms with van der Waals surface area (Å²) >= 11 is 0. The van der Waals surface area contributed by atoms with Crippen molar-refractivity contribution >= 4 is 34.6 Å². The van der Waals surface area contributed by atoms with E-state index in [4.69, 9.17) is 9.47 Å². The molecule has 2 aromatic rings. The Kier molecular flexibility index (Phi) is 8.41. The number of fused-ring (bicyclic) bond motifs is 1. The summed E-state index contributed by atoms with van der Waals surface area (Å²) in [7, 11) is 1.57. The lowest BCUT2D eigenvalue weighted by Gasteiger charge is -2.39. The molecule has 2 N–H and O–H groups in total. The van der Waals surface area contributed by atoms with E-state index in [9.17, 15) is 24.4 Å². The number of carbonyl (C=O) groups is 4. The summed E-state index contributed by atoms with van der Waals surface area (Å²) in [4.78, 5) is 59.2. The molecule has 11 heteroatoms. The number of ether oxygens (including phenoxy) is 2. The van der Waals surface area contributed by atoms with Gasteiger partial charge in [-0.25, -0.2) is 4.79 Å². The van der Waals surface area contributed by atoms with Gasteiger partial charge in [0.1, 0.15) is 34.9 Å². The van der Waals surface area contributed by atoms with Gasteiger partial charge in [0.2, 0.25) is 5.91 Å². The maximum Gasteiger partial charge on any atom is 0.410 e. The van der Waals surface area contributed by atoms with Crippen LogP contribution in [0.3, 0.4) is 0 Å². The third kappa shape index (κ3) is 6.48. The summed E-state index contributed by atoms with van der Waals surface area (Å²) in [6.45, 7) is 6.75. The van der Waals surface area contributed by atoms with Crippen molar-refractivity contribution in [3.8, 4) is 11.8 Å². The largest absolute Gasteiger partial charge is 0.496 e. The minimum Gasteiger partial charge on any atom is -0.496 e. The molecule has 5 rings (SSSR count). The zero-order valence-electron chi connectivity index (χ0n) is 25.4. The highest BCUT2D eigenvalue weighted by Gasteiger charge is 2.51. The molecule has 1 saturated carbocycles. The van der Waals surface area contributed by atoms with Crippen LogP contribution in [0.4, 0.5) is 4.79 Å². The monoisotopic (exact) mass is 591 g/mol. The van der Waals surface area contributed by atoms with Gasteiger partial charge in [-0.15, -0.1) is 0 Å². The summed E-state index contributed by atoms with van der Waals surface area (Å²) < 4.78 is 11.0. The summed E-state index contributed by atoms with van der Waals surface area (Å²) in [6, 6.07) is 7.79.